The van der Waals surface area contributed by atoms with Crippen molar-refractivity contribution >= 4 is 40.6 Å². The fraction of sp³-hybridized carbons (Fsp3) is 0.333. The van der Waals surface area contributed by atoms with Crippen molar-refractivity contribution in [3.05, 3.63) is 63.6 Å². The molecule has 5 unspecified atom stereocenters. The van der Waals surface area contributed by atoms with Crippen LogP contribution in [0, 0.1) is 5.41 Å². The smallest absolute Gasteiger partial charge is 0.359 e. The second-order valence-corrected chi connectivity index (χ2v) is 7.99. The van der Waals surface area contributed by atoms with Gasteiger partial charge < -0.3 is 35.2 Å². The number of aliphatic hydroxyl groups excluding tert-OH is 4. The minimum absolute atomic E-state index is 0.255. The van der Waals surface area contributed by atoms with Gasteiger partial charge in [0.05, 0.1) is 22.2 Å². The lowest BCUT2D eigenvalue weighted by atomic mass is 9.99. The van der Waals surface area contributed by atoms with Crippen molar-refractivity contribution in [3.63, 3.8) is 0 Å². The minimum atomic E-state index is -1.76. The lowest BCUT2D eigenvalue weighted by molar-refractivity contribution is -0.588. The fourth-order valence-electron chi connectivity index (χ4n) is 3.28. The third-order valence-corrected chi connectivity index (χ3v) is 5.80. The second kappa shape index (κ2) is 10.7. The van der Waals surface area contributed by atoms with Crippen LogP contribution in [0.4, 0.5) is 5.69 Å². The van der Waals surface area contributed by atoms with E-state index in [9.17, 15) is 25.2 Å². The van der Waals surface area contributed by atoms with Crippen molar-refractivity contribution in [1.82, 2.24) is 0 Å². The van der Waals surface area contributed by atoms with E-state index in [2.05, 4.69) is 0 Å². The highest BCUT2D eigenvalue weighted by Crippen LogP contribution is 2.24. The second-order valence-electron chi connectivity index (χ2n) is 7.17. The van der Waals surface area contributed by atoms with Crippen LogP contribution >= 0.6 is 23.2 Å². The summed E-state index contributed by atoms with van der Waals surface area (Å²) in [4.78, 5) is 12.6. The van der Waals surface area contributed by atoms with Crippen LogP contribution in [-0.4, -0.2) is 69.4 Å². The van der Waals surface area contributed by atoms with Gasteiger partial charge >= 0.3 is 5.97 Å². The van der Waals surface area contributed by atoms with E-state index in [4.69, 9.17) is 38.1 Å². The van der Waals surface area contributed by atoms with Gasteiger partial charge in [-0.3, -0.25) is 5.41 Å². The molecule has 0 amide bonds. The highest BCUT2D eigenvalue weighted by Gasteiger charge is 2.45. The number of carbonyl (C=O) groups excluding carboxylic acids is 1. The van der Waals surface area contributed by atoms with Gasteiger partial charge in [-0.25, -0.2) is 4.79 Å². The Morgan fingerprint density at radius 2 is 1.69 bits per heavy atom. The van der Waals surface area contributed by atoms with Crippen LogP contribution in [0.2, 0.25) is 10.0 Å². The van der Waals surface area contributed by atoms with Gasteiger partial charge in [-0.1, -0.05) is 41.4 Å². The molecule has 0 saturated carbocycles. The van der Waals surface area contributed by atoms with E-state index in [1.807, 2.05) is 0 Å². The Kier molecular flexibility index (Phi) is 8.21. The van der Waals surface area contributed by atoms with Crippen molar-refractivity contribution < 1.29 is 40.0 Å². The van der Waals surface area contributed by atoms with E-state index in [1.165, 1.54) is 0 Å². The number of nitrogens with two attached hydrogens (primary N) is 1. The predicted molar refractivity (Wildman–Crippen MR) is 115 cm³/mol. The van der Waals surface area contributed by atoms with Gasteiger partial charge in [0.15, 0.2) is 5.71 Å². The maximum absolute atomic E-state index is 12.6. The van der Waals surface area contributed by atoms with Crippen LogP contribution in [0.5, 0.6) is 0 Å². The molecule has 0 bridgehead atoms. The molecule has 1 heterocycles. The number of hydrogen-bond acceptors (Lipinski definition) is 8. The van der Waals surface area contributed by atoms with Crippen LogP contribution in [0.25, 0.3) is 0 Å². The number of aliphatic hydroxyl groups is 4. The predicted octanol–water partition coefficient (Wildman–Crippen LogP) is 0.0995. The Labute approximate surface area is 193 Å². The van der Waals surface area contributed by atoms with E-state index in [-0.39, 0.29) is 5.56 Å². The molecule has 11 heteroatoms. The number of carbonyl (C=O) groups is 1. The standard InChI is InChI=1S/C21H22Cl2N2O7/c22-12-5-3-6-13(23)11(12)8-25-14-7-2-1-4-10(14)16(24)20(30)32-21-19(29)18(28)17(27)15(9-26)31-21/h1-7,15,17-19,21,24-29H,8-9H2/p+1. The summed E-state index contributed by atoms with van der Waals surface area (Å²) in [6.45, 7) is -0.316. The topological polar surface area (TPSA) is 157 Å². The van der Waals surface area contributed by atoms with Crippen LogP contribution < -0.4 is 5.32 Å². The molecule has 0 radical (unpaired) electrons. The third-order valence-electron chi connectivity index (χ3n) is 5.09. The molecular formula is C21H23Cl2N2O7+. The monoisotopic (exact) mass is 485 g/mol. The van der Waals surface area contributed by atoms with Gasteiger partial charge in [0, 0.05) is 5.56 Å². The zero-order chi connectivity index (χ0) is 23.4. The summed E-state index contributed by atoms with van der Waals surface area (Å²) >= 11 is 12.4. The third kappa shape index (κ3) is 5.28. The average Bonchev–Trinajstić information content (AvgIpc) is 2.78. The molecule has 3 rings (SSSR count). The number of rotatable bonds is 7. The zero-order valence-electron chi connectivity index (χ0n) is 16.7. The molecule has 7 N–H and O–H groups in total. The highest BCUT2D eigenvalue weighted by atomic mass is 35.5. The first-order valence-electron chi connectivity index (χ1n) is 9.70. The van der Waals surface area contributed by atoms with Crippen molar-refractivity contribution in [3.8, 4) is 0 Å². The number of esters is 1. The molecule has 2 aromatic carbocycles. The number of quaternary nitrogens is 1. The molecule has 0 spiro atoms. The van der Waals surface area contributed by atoms with Crippen molar-refractivity contribution in [2.24, 2.45) is 0 Å². The van der Waals surface area contributed by atoms with E-state index < -0.39 is 49.0 Å². The molecule has 1 aliphatic heterocycles. The molecular weight excluding hydrogens is 463 g/mol. The molecule has 9 nitrogen and oxygen atoms in total. The first-order valence-corrected chi connectivity index (χ1v) is 10.5. The number of para-hydroxylation sites is 1. The lowest BCUT2D eigenvalue weighted by Gasteiger charge is -2.39. The Hall–Kier alpha value is -2.08. The maximum atomic E-state index is 12.6. The quantitative estimate of drug-likeness (QED) is 0.184. The number of ether oxygens (including phenoxy) is 2. The summed E-state index contributed by atoms with van der Waals surface area (Å²) in [5, 5.41) is 50.0. The summed E-state index contributed by atoms with van der Waals surface area (Å²) in [6.07, 6.45) is -7.95. The largest absolute Gasteiger partial charge is 0.428 e. The fourth-order valence-corrected chi connectivity index (χ4v) is 3.83. The van der Waals surface area contributed by atoms with Crippen molar-refractivity contribution in [1.29, 1.82) is 5.41 Å². The summed E-state index contributed by atoms with van der Waals surface area (Å²) in [5.74, 6) is -1.12. The van der Waals surface area contributed by atoms with E-state index >= 15 is 0 Å². The lowest BCUT2D eigenvalue weighted by Crippen LogP contribution is -2.76. The summed E-state index contributed by atoms with van der Waals surface area (Å²) in [5.41, 5.74) is 0.990. The molecule has 172 valence electrons. The van der Waals surface area contributed by atoms with Gasteiger partial charge in [0.2, 0.25) is 6.29 Å². The minimum Gasteiger partial charge on any atom is -0.428 e. The van der Waals surface area contributed by atoms with Crippen LogP contribution in [-0.2, 0) is 20.8 Å². The molecule has 5 atom stereocenters. The summed E-state index contributed by atoms with van der Waals surface area (Å²) in [7, 11) is 0. The molecule has 1 saturated heterocycles. The molecule has 1 aliphatic rings. The molecule has 0 aromatic heterocycles. The number of benzene rings is 2. The van der Waals surface area contributed by atoms with Crippen LogP contribution in [0.3, 0.4) is 0 Å². The number of nitrogens with one attached hydrogen (secondary N) is 1. The maximum Gasteiger partial charge on any atom is 0.359 e. The van der Waals surface area contributed by atoms with Gasteiger partial charge in [0.1, 0.15) is 36.6 Å². The van der Waals surface area contributed by atoms with Crippen LogP contribution in [0.15, 0.2) is 42.5 Å². The normalized spacial score (nSPS) is 25.4. The average molecular weight is 486 g/mol. The Morgan fingerprint density at radius 3 is 2.34 bits per heavy atom. The van der Waals surface area contributed by atoms with Crippen LogP contribution in [0.1, 0.15) is 11.1 Å². The summed E-state index contributed by atoms with van der Waals surface area (Å²) < 4.78 is 10.2. The Morgan fingerprint density at radius 1 is 1.03 bits per heavy atom. The van der Waals surface area contributed by atoms with E-state index in [0.717, 1.165) is 0 Å². The van der Waals surface area contributed by atoms with Crippen molar-refractivity contribution in [2.75, 3.05) is 6.61 Å². The number of halogens is 2. The SMILES string of the molecule is N=C(C(=O)OC1OC(CO)C(O)C(O)C1O)c1ccccc1[NH2+]Cc1c(Cl)cccc1Cl. The van der Waals surface area contributed by atoms with E-state index in [0.29, 0.717) is 27.8 Å². The van der Waals surface area contributed by atoms with Gasteiger partial charge in [-0.05, 0) is 24.3 Å². The molecule has 32 heavy (non-hydrogen) atoms. The molecule has 2 aromatic rings. The Bertz CT molecular complexity index is 968. The first kappa shape index (κ1) is 24.6. The van der Waals surface area contributed by atoms with Gasteiger partial charge in [0.25, 0.3) is 0 Å². The van der Waals surface area contributed by atoms with E-state index in [1.54, 1.807) is 47.8 Å². The van der Waals surface area contributed by atoms with Crippen molar-refractivity contribution in [2.45, 2.75) is 37.3 Å². The van der Waals surface area contributed by atoms with Gasteiger partial charge in [-0.2, -0.15) is 0 Å². The zero-order valence-corrected chi connectivity index (χ0v) is 18.2. The van der Waals surface area contributed by atoms with Gasteiger partial charge in [-0.15, -0.1) is 0 Å². The molecule has 1 fully saturated rings. The summed E-state index contributed by atoms with van der Waals surface area (Å²) in [6, 6.07) is 11.8. The first-order chi connectivity index (χ1) is 15.2. The molecule has 0 aliphatic carbocycles. The Balaban J connectivity index is 1.73. The highest BCUT2D eigenvalue weighted by molar-refractivity contribution is 6.42. The number of hydrogen-bond donors (Lipinski definition) is 6.